The molecular formula is C22H28O4. The summed E-state index contributed by atoms with van der Waals surface area (Å²) in [6, 6.07) is 11.1. The van der Waals surface area contributed by atoms with E-state index < -0.39 is 0 Å². The SMILES string of the molecule is COc1ccc(CCC(=O)c2ccc(OC)c(CCC(C)C)c2O)cc1. The Morgan fingerprint density at radius 3 is 2.27 bits per heavy atom. The van der Waals surface area contributed by atoms with Crippen LogP contribution in [0.4, 0.5) is 0 Å². The maximum absolute atomic E-state index is 12.6. The fourth-order valence-electron chi connectivity index (χ4n) is 2.89. The van der Waals surface area contributed by atoms with E-state index >= 15 is 0 Å². The third-order valence-corrected chi connectivity index (χ3v) is 4.53. The summed E-state index contributed by atoms with van der Waals surface area (Å²) in [5.41, 5.74) is 2.15. The number of hydrogen-bond donors (Lipinski definition) is 1. The highest BCUT2D eigenvalue weighted by molar-refractivity contribution is 5.99. The van der Waals surface area contributed by atoms with Crippen molar-refractivity contribution in [2.75, 3.05) is 14.2 Å². The van der Waals surface area contributed by atoms with Gasteiger partial charge >= 0.3 is 0 Å². The monoisotopic (exact) mass is 356 g/mol. The molecule has 0 fully saturated rings. The normalized spacial score (nSPS) is 10.8. The first kappa shape index (κ1) is 19.8. The van der Waals surface area contributed by atoms with Crippen LogP contribution < -0.4 is 9.47 Å². The topological polar surface area (TPSA) is 55.8 Å². The lowest BCUT2D eigenvalue weighted by atomic mass is 9.95. The molecule has 140 valence electrons. The van der Waals surface area contributed by atoms with Crippen molar-refractivity contribution in [3.05, 3.63) is 53.1 Å². The highest BCUT2D eigenvalue weighted by atomic mass is 16.5. The molecule has 0 saturated heterocycles. The van der Waals surface area contributed by atoms with E-state index in [-0.39, 0.29) is 11.5 Å². The average Bonchev–Trinajstić information content (AvgIpc) is 2.65. The largest absolute Gasteiger partial charge is 0.507 e. The van der Waals surface area contributed by atoms with Crippen molar-refractivity contribution in [2.45, 2.75) is 39.5 Å². The molecule has 0 aliphatic heterocycles. The van der Waals surface area contributed by atoms with E-state index in [1.54, 1.807) is 26.4 Å². The van der Waals surface area contributed by atoms with Gasteiger partial charge in [-0.25, -0.2) is 0 Å². The summed E-state index contributed by atoms with van der Waals surface area (Å²) in [5.74, 6) is 1.93. The second-order valence-corrected chi connectivity index (χ2v) is 6.85. The molecule has 0 aromatic heterocycles. The molecule has 2 aromatic rings. The van der Waals surface area contributed by atoms with Gasteiger partial charge in [-0.2, -0.15) is 0 Å². The molecule has 0 aliphatic rings. The number of rotatable bonds is 9. The highest BCUT2D eigenvalue weighted by Crippen LogP contribution is 2.34. The molecule has 0 radical (unpaired) electrons. The molecule has 4 nitrogen and oxygen atoms in total. The summed E-state index contributed by atoms with van der Waals surface area (Å²) in [4.78, 5) is 12.6. The number of Topliss-reactive ketones (excluding diaryl/α,β-unsaturated/α-hetero) is 1. The molecule has 2 aromatic carbocycles. The zero-order valence-corrected chi connectivity index (χ0v) is 16.0. The molecule has 0 saturated carbocycles. The minimum atomic E-state index is -0.0632. The lowest BCUT2D eigenvalue weighted by molar-refractivity contribution is 0.0980. The summed E-state index contributed by atoms with van der Waals surface area (Å²) in [6.45, 7) is 4.26. The molecule has 26 heavy (non-hydrogen) atoms. The Balaban J connectivity index is 2.13. The van der Waals surface area contributed by atoms with Crippen molar-refractivity contribution in [1.82, 2.24) is 0 Å². The number of ether oxygens (including phenoxy) is 2. The van der Waals surface area contributed by atoms with Gasteiger partial charge in [0.15, 0.2) is 5.78 Å². The maximum Gasteiger partial charge on any atom is 0.166 e. The van der Waals surface area contributed by atoms with E-state index in [4.69, 9.17) is 9.47 Å². The van der Waals surface area contributed by atoms with Gasteiger partial charge in [-0.05, 0) is 55.0 Å². The van der Waals surface area contributed by atoms with Crippen molar-refractivity contribution in [1.29, 1.82) is 0 Å². The third-order valence-electron chi connectivity index (χ3n) is 4.53. The van der Waals surface area contributed by atoms with Crippen molar-refractivity contribution < 1.29 is 19.4 Å². The fraction of sp³-hybridized carbons (Fsp3) is 0.409. The van der Waals surface area contributed by atoms with Crippen molar-refractivity contribution in [3.63, 3.8) is 0 Å². The molecule has 1 N–H and O–H groups in total. The van der Waals surface area contributed by atoms with Crippen molar-refractivity contribution in [3.8, 4) is 17.2 Å². The van der Waals surface area contributed by atoms with E-state index in [1.165, 1.54) is 0 Å². The Kier molecular flexibility index (Phi) is 7.07. The summed E-state index contributed by atoms with van der Waals surface area (Å²) in [6.07, 6.45) is 2.57. The molecule has 4 heteroatoms. The number of carbonyl (C=O) groups excluding carboxylic acids is 1. The Bertz CT molecular complexity index is 733. The number of benzene rings is 2. The lowest BCUT2D eigenvalue weighted by Crippen LogP contribution is -2.05. The van der Waals surface area contributed by atoms with Crippen molar-refractivity contribution >= 4 is 5.78 Å². The standard InChI is InChI=1S/C22H28O4/c1-15(2)5-11-19-21(26-4)14-12-18(22(19)24)20(23)13-8-16-6-9-17(25-3)10-7-16/h6-7,9-10,12,14-15,24H,5,8,11,13H2,1-4H3. The minimum Gasteiger partial charge on any atom is -0.507 e. The van der Waals surface area contributed by atoms with Crippen LogP contribution in [-0.2, 0) is 12.8 Å². The number of hydrogen-bond acceptors (Lipinski definition) is 4. The van der Waals surface area contributed by atoms with Gasteiger partial charge in [-0.15, -0.1) is 0 Å². The van der Waals surface area contributed by atoms with Crippen LogP contribution in [0, 0.1) is 5.92 Å². The predicted molar refractivity (Wildman–Crippen MR) is 103 cm³/mol. The molecule has 0 heterocycles. The van der Waals surface area contributed by atoms with E-state index in [0.717, 1.165) is 23.3 Å². The van der Waals surface area contributed by atoms with Gasteiger partial charge in [0.05, 0.1) is 19.8 Å². The molecule has 0 bridgehead atoms. The second kappa shape index (κ2) is 9.27. The van der Waals surface area contributed by atoms with Gasteiger partial charge in [0, 0.05) is 12.0 Å². The molecule has 0 unspecified atom stereocenters. The molecule has 0 spiro atoms. The minimum absolute atomic E-state index is 0.0599. The first-order valence-electron chi connectivity index (χ1n) is 9.01. The van der Waals surface area contributed by atoms with Crippen LogP contribution in [0.15, 0.2) is 36.4 Å². The van der Waals surface area contributed by atoms with Gasteiger partial charge < -0.3 is 14.6 Å². The number of phenolic OH excluding ortho intramolecular Hbond substituents is 1. The fourth-order valence-corrected chi connectivity index (χ4v) is 2.89. The van der Waals surface area contributed by atoms with E-state index in [2.05, 4.69) is 13.8 Å². The quantitative estimate of drug-likeness (QED) is 0.655. The second-order valence-electron chi connectivity index (χ2n) is 6.85. The van der Waals surface area contributed by atoms with Crippen LogP contribution in [0.25, 0.3) is 0 Å². The molecule has 0 amide bonds. The van der Waals surface area contributed by atoms with E-state index in [1.807, 2.05) is 24.3 Å². The Morgan fingerprint density at radius 2 is 1.69 bits per heavy atom. The molecule has 0 atom stereocenters. The maximum atomic E-state index is 12.6. The summed E-state index contributed by atoms with van der Waals surface area (Å²) >= 11 is 0. The molecule has 0 aliphatic carbocycles. The van der Waals surface area contributed by atoms with Crippen LogP contribution in [0.3, 0.4) is 0 Å². The first-order chi connectivity index (χ1) is 12.5. The summed E-state index contributed by atoms with van der Waals surface area (Å²) in [5, 5.41) is 10.6. The number of aryl methyl sites for hydroxylation is 1. The van der Waals surface area contributed by atoms with Crippen LogP contribution >= 0.6 is 0 Å². The number of ketones is 1. The van der Waals surface area contributed by atoms with Gasteiger partial charge in [-0.3, -0.25) is 4.79 Å². The number of methoxy groups -OCH3 is 2. The zero-order valence-electron chi connectivity index (χ0n) is 16.0. The molecule has 2 rings (SSSR count). The van der Waals surface area contributed by atoms with Crippen LogP contribution in [-0.4, -0.2) is 25.1 Å². The average molecular weight is 356 g/mol. The predicted octanol–water partition coefficient (Wildman–Crippen LogP) is 4.81. The van der Waals surface area contributed by atoms with E-state index in [0.29, 0.717) is 36.5 Å². The highest BCUT2D eigenvalue weighted by Gasteiger charge is 2.18. The Morgan fingerprint density at radius 1 is 1.00 bits per heavy atom. The first-order valence-corrected chi connectivity index (χ1v) is 9.01. The summed E-state index contributed by atoms with van der Waals surface area (Å²) < 4.78 is 10.5. The van der Waals surface area contributed by atoms with Gasteiger partial charge in [0.2, 0.25) is 0 Å². The lowest BCUT2D eigenvalue weighted by Gasteiger charge is -2.14. The third kappa shape index (κ3) is 5.01. The van der Waals surface area contributed by atoms with Gasteiger partial charge in [0.25, 0.3) is 0 Å². The van der Waals surface area contributed by atoms with Crippen LogP contribution in [0.1, 0.15) is 48.2 Å². The van der Waals surface area contributed by atoms with Gasteiger partial charge in [-0.1, -0.05) is 26.0 Å². The Hall–Kier alpha value is -2.49. The van der Waals surface area contributed by atoms with Crippen LogP contribution in [0.2, 0.25) is 0 Å². The zero-order chi connectivity index (χ0) is 19.1. The van der Waals surface area contributed by atoms with Crippen molar-refractivity contribution in [2.24, 2.45) is 5.92 Å². The smallest absolute Gasteiger partial charge is 0.166 e. The summed E-state index contributed by atoms with van der Waals surface area (Å²) in [7, 11) is 3.21. The van der Waals surface area contributed by atoms with Crippen LogP contribution in [0.5, 0.6) is 17.2 Å². The van der Waals surface area contributed by atoms with Gasteiger partial charge in [0.1, 0.15) is 17.2 Å². The molecular weight excluding hydrogens is 328 g/mol. The number of phenols is 1. The van der Waals surface area contributed by atoms with E-state index in [9.17, 15) is 9.90 Å². The number of carbonyl (C=O) groups is 1. The Labute approximate surface area is 155 Å². The number of aromatic hydroxyl groups is 1.